The van der Waals surface area contributed by atoms with Crippen molar-refractivity contribution < 1.29 is 4.79 Å². The molecule has 0 aliphatic heterocycles. The van der Waals surface area contributed by atoms with E-state index in [0.717, 1.165) is 31.0 Å². The molecular weight excluding hydrogens is 272 g/mol. The van der Waals surface area contributed by atoms with Crippen LogP contribution in [0, 0.1) is 5.92 Å². The number of rotatable bonds is 6. The van der Waals surface area contributed by atoms with E-state index in [9.17, 15) is 4.79 Å². The quantitative estimate of drug-likeness (QED) is 0.846. The van der Waals surface area contributed by atoms with E-state index in [2.05, 4.69) is 30.5 Å². The Bertz CT molecular complexity index is 474. The Kier molecular flexibility index (Phi) is 5.44. The molecule has 20 heavy (non-hydrogen) atoms. The molecule has 0 aromatic heterocycles. The first kappa shape index (κ1) is 15.3. The van der Waals surface area contributed by atoms with Crippen molar-refractivity contribution in [1.82, 2.24) is 10.6 Å². The molecule has 4 heteroatoms. The summed E-state index contributed by atoms with van der Waals surface area (Å²) in [5.74, 6) is 0.624. The molecule has 3 nitrogen and oxygen atoms in total. The molecule has 0 spiro atoms. The van der Waals surface area contributed by atoms with Gasteiger partial charge < -0.3 is 10.6 Å². The number of halogens is 1. The maximum atomic E-state index is 11.6. The summed E-state index contributed by atoms with van der Waals surface area (Å²) in [7, 11) is 0. The first-order chi connectivity index (χ1) is 9.56. The van der Waals surface area contributed by atoms with Crippen molar-refractivity contribution >= 4 is 17.5 Å². The fourth-order valence-corrected chi connectivity index (χ4v) is 2.76. The Labute approximate surface area is 126 Å². The van der Waals surface area contributed by atoms with Crippen molar-refractivity contribution in [3.63, 3.8) is 0 Å². The van der Waals surface area contributed by atoms with Crippen LogP contribution in [-0.2, 0) is 11.2 Å². The monoisotopic (exact) mass is 294 g/mol. The number of nitrogens with one attached hydrogen (secondary N) is 2. The lowest BCUT2D eigenvalue weighted by Gasteiger charge is -2.14. The van der Waals surface area contributed by atoms with Crippen LogP contribution in [0.2, 0.25) is 5.02 Å². The molecule has 0 radical (unpaired) electrons. The van der Waals surface area contributed by atoms with Gasteiger partial charge in [0, 0.05) is 30.6 Å². The lowest BCUT2D eigenvalue weighted by atomic mass is 10.1. The number of benzene rings is 1. The highest BCUT2D eigenvalue weighted by Crippen LogP contribution is 2.32. The second-order valence-corrected chi connectivity index (χ2v) is 6.27. The van der Waals surface area contributed by atoms with Gasteiger partial charge in [-0.2, -0.15) is 0 Å². The first-order valence-electron chi connectivity index (χ1n) is 7.34. The van der Waals surface area contributed by atoms with Crippen LogP contribution in [-0.4, -0.2) is 19.0 Å². The average molecular weight is 295 g/mol. The Morgan fingerprint density at radius 2 is 2.25 bits per heavy atom. The number of hydrogen-bond acceptors (Lipinski definition) is 2. The highest BCUT2D eigenvalue weighted by molar-refractivity contribution is 6.30. The summed E-state index contributed by atoms with van der Waals surface area (Å²) in [5.41, 5.74) is 2.66. The molecule has 0 bridgehead atoms. The molecular formula is C16H23ClN2O. The summed E-state index contributed by atoms with van der Waals surface area (Å²) in [6.07, 6.45) is 2.68. The third kappa shape index (κ3) is 4.22. The van der Waals surface area contributed by atoms with Crippen molar-refractivity contribution in [2.45, 2.75) is 39.2 Å². The molecule has 0 saturated carbocycles. The molecule has 0 fully saturated rings. The largest absolute Gasteiger partial charge is 0.356 e. The van der Waals surface area contributed by atoms with E-state index in [1.165, 1.54) is 11.1 Å². The third-order valence-electron chi connectivity index (χ3n) is 3.63. The fraction of sp³-hybridized carbons (Fsp3) is 0.562. The summed E-state index contributed by atoms with van der Waals surface area (Å²) in [5, 5.41) is 7.21. The molecule has 2 rings (SSSR count). The van der Waals surface area contributed by atoms with Gasteiger partial charge in [0.05, 0.1) is 0 Å². The minimum atomic E-state index is 0.125. The summed E-state index contributed by atoms with van der Waals surface area (Å²) >= 11 is 6.00. The summed E-state index contributed by atoms with van der Waals surface area (Å²) < 4.78 is 0. The molecule has 110 valence electrons. The molecule has 0 saturated heterocycles. The number of amides is 1. The van der Waals surface area contributed by atoms with Crippen LogP contribution in [0.3, 0.4) is 0 Å². The zero-order valence-corrected chi connectivity index (χ0v) is 13.0. The van der Waals surface area contributed by atoms with E-state index >= 15 is 0 Å². The molecule has 1 aliphatic carbocycles. The van der Waals surface area contributed by atoms with Gasteiger partial charge in [-0.15, -0.1) is 0 Å². The summed E-state index contributed by atoms with van der Waals surface area (Å²) in [6.45, 7) is 5.67. The highest BCUT2D eigenvalue weighted by atomic mass is 35.5. The summed E-state index contributed by atoms with van der Waals surface area (Å²) in [4.78, 5) is 11.6. The van der Waals surface area contributed by atoms with E-state index in [1.54, 1.807) is 0 Å². The fourth-order valence-electron chi connectivity index (χ4n) is 2.56. The highest BCUT2D eigenvalue weighted by Gasteiger charge is 2.21. The Balaban J connectivity index is 1.75. The average Bonchev–Trinajstić information content (AvgIpc) is 2.79. The van der Waals surface area contributed by atoms with Crippen LogP contribution in [0.15, 0.2) is 18.2 Å². The van der Waals surface area contributed by atoms with Gasteiger partial charge in [0.1, 0.15) is 0 Å². The molecule has 1 amide bonds. The minimum absolute atomic E-state index is 0.125. The van der Waals surface area contributed by atoms with Crippen LogP contribution in [0.4, 0.5) is 0 Å². The molecule has 1 unspecified atom stereocenters. The lowest BCUT2D eigenvalue weighted by Crippen LogP contribution is -2.31. The second kappa shape index (κ2) is 7.09. The van der Waals surface area contributed by atoms with Gasteiger partial charge in [-0.3, -0.25) is 4.79 Å². The molecule has 1 atom stereocenters. The predicted molar refractivity (Wildman–Crippen MR) is 83.0 cm³/mol. The van der Waals surface area contributed by atoms with Gasteiger partial charge in [0.25, 0.3) is 0 Å². The molecule has 1 aromatic rings. The number of carbonyl (C=O) groups excluding carboxylic acids is 1. The molecule has 2 N–H and O–H groups in total. The van der Waals surface area contributed by atoms with Gasteiger partial charge in [0.2, 0.25) is 5.91 Å². The van der Waals surface area contributed by atoms with Gasteiger partial charge >= 0.3 is 0 Å². The number of hydrogen-bond donors (Lipinski definition) is 2. The van der Waals surface area contributed by atoms with Gasteiger partial charge in [0.15, 0.2) is 0 Å². The van der Waals surface area contributed by atoms with Crippen LogP contribution in [0.5, 0.6) is 0 Å². The van der Waals surface area contributed by atoms with E-state index in [0.29, 0.717) is 18.4 Å². The first-order valence-corrected chi connectivity index (χ1v) is 7.72. The topological polar surface area (TPSA) is 41.1 Å². The summed E-state index contributed by atoms with van der Waals surface area (Å²) in [6, 6.07) is 6.45. The van der Waals surface area contributed by atoms with Crippen LogP contribution in [0.1, 0.15) is 43.9 Å². The van der Waals surface area contributed by atoms with Crippen LogP contribution in [0.25, 0.3) is 0 Å². The standard InChI is InChI=1S/C16H23ClN2O/c1-11(2)10-19-16(20)7-8-18-15-6-3-12-9-13(17)4-5-14(12)15/h4-5,9,11,15,18H,3,6-8,10H2,1-2H3,(H,19,20). The third-order valence-corrected chi connectivity index (χ3v) is 3.87. The van der Waals surface area contributed by atoms with Crippen molar-refractivity contribution in [2.24, 2.45) is 5.92 Å². The maximum absolute atomic E-state index is 11.6. The Hall–Kier alpha value is -1.06. The molecule has 1 aromatic carbocycles. The van der Waals surface area contributed by atoms with Gasteiger partial charge in [-0.1, -0.05) is 31.5 Å². The van der Waals surface area contributed by atoms with Crippen molar-refractivity contribution in [3.8, 4) is 0 Å². The molecule has 0 heterocycles. The number of fused-ring (bicyclic) bond motifs is 1. The van der Waals surface area contributed by atoms with Gasteiger partial charge in [-0.05, 0) is 42.0 Å². The van der Waals surface area contributed by atoms with E-state index < -0.39 is 0 Å². The van der Waals surface area contributed by atoms with Crippen molar-refractivity contribution in [3.05, 3.63) is 34.3 Å². The zero-order chi connectivity index (χ0) is 14.5. The SMILES string of the molecule is CC(C)CNC(=O)CCNC1CCc2cc(Cl)ccc21. The van der Waals surface area contributed by atoms with Crippen molar-refractivity contribution in [1.29, 1.82) is 0 Å². The van der Waals surface area contributed by atoms with Gasteiger partial charge in [-0.25, -0.2) is 0 Å². The zero-order valence-electron chi connectivity index (χ0n) is 12.2. The van der Waals surface area contributed by atoms with E-state index in [1.807, 2.05) is 12.1 Å². The smallest absolute Gasteiger partial charge is 0.221 e. The van der Waals surface area contributed by atoms with E-state index in [-0.39, 0.29) is 5.91 Å². The Morgan fingerprint density at radius 3 is 3.00 bits per heavy atom. The molecule has 1 aliphatic rings. The number of carbonyl (C=O) groups is 1. The lowest BCUT2D eigenvalue weighted by molar-refractivity contribution is -0.121. The predicted octanol–water partition coefficient (Wildman–Crippen LogP) is 3.08. The maximum Gasteiger partial charge on any atom is 0.221 e. The second-order valence-electron chi connectivity index (χ2n) is 5.84. The van der Waals surface area contributed by atoms with Crippen LogP contribution < -0.4 is 10.6 Å². The van der Waals surface area contributed by atoms with E-state index in [4.69, 9.17) is 11.6 Å². The van der Waals surface area contributed by atoms with Crippen molar-refractivity contribution in [2.75, 3.05) is 13.1 Å². The Morgan fingerprint density at radius 1 is 1.45 bits per heavy atom. The number of aryl methyl sites for hydroxylation is 1. The van der Waals surface area contributed by atoms with Crippen LogP contribution >= 0.6 is 11.6 Å². The minimum Gasteiger partial charge on any atom is -0.356 e. The normalized spacial score (nSPS) is 17.3.